The van der Waals surface area contributed by atoms with Crippen molar-refractivity contribution in [1.82, 2.24) is 20.6 Å². The normalized spacial score (nSPS) is 10.6. The van der Waals surface area contributed by atoms with Crippen molar-refractivity contribution in [2.75, 3.05) is 0 Å². The highest BCUT2D eigenvalue weighted by molar-refractivity contribution is 5.93. The molecule has 0 radical (unpaired) electrons. The van der Waals surface area contributed by atoms with Gasteiger partial charge in [0.1, 0.15) is 0 Å². The number of hydrazone groups is 1. The van der Waals surface area contributed by atoms with Crippen molar-refractivity contribution in [3.63, 3.8) is 0 Å². The molecule has 0 spiro atoms. The number of carbonyl (C=O) groups excluding carboxylic acids is 1. The molecule has 0 saturated heterocycles. The number of hydrogen-bond donors (Lipinski definition) is 2. The molecule has 0 fully saturated rings. The molecule has 0 aliphatic carbocycles. The van der Waals surface area contributed by atoms with Crippen LogP contribution in [-0.4, -0.2) is 27.3 Å². The largest absolute Gasteiger partial charge is 0.291 e. The Balaban J connectivity index is 1.95. The number of H-pyrrole nitrogens is 1. The van der Waals surface area contributed by atoms with Crippen LogP contribution in [0.25, 0.3) is 0 Å². The van der Waals surface area contributed by atoms with Gasteiger partial charge in [-0.1, -0.05) is 0 Å². The van der Waals surface area contributed by atoms with E-state index in [1.807, 2.05) is 6.92 Å². The Labute approximate surface area is 97.8 Å². The predicted octanol–water partition coefficient (Wildman–Crippen LogP) is 0.877. The van der Waals surface area contributed by atoms with Crippen LogP contribution >= 0.6 is 0 Å². The summed E-state index contributed by atoms with van der Waals surface area (Å²) >= 11 is 0. The second-order valence-corrected chi connectivity index (χ2v) is 3.42. The third-order valence-corrected chi connectivity index (χ3v) is 2.02. The van der Waals surface area contributed by atoms with Crippen LogP contribution in [0.5, 0.6) is 0 Å². The maximum atomic E-state index is 11.5. The van der Waals surface area contributed by atoms with Crippen LogP contribution in [-0.2, 0) is 0 Å². The van der Waals surface area contributed by atoms with Gasteiger partial charge in [0.05, 0.1) is 6.21 Å². The number of pyridine rings is 1. The van der Waals surface area contributed by atoms with Crippen molar-refractivity contribution >= 4 is 12.1 Å². The van der Waals surface area contributed by atoms with Gasteiger partial charge in [0.2, 0.25) is 0 Å². The van der Waals surface area contributed by atoms with Gasteiger partial charge in [-0.2, -0.15) is 10.2 Å². The van der Waals surface area contributed by atoms with E-state index in [9.17, 15) is 4.79 Å². The number of nitrogens with zero attached hydrogens (tertiary/aromatic N) is 3. The minimum Gasteiger partial charge on any atom is -0.282 e. The Morgan fingerprint density at radius 1 is 1.47 bits per heavy atom. The van der Waals surface area contributed by atoms with Gasteiger partial charge in [-0.15, -0.1) is 0 Å². The highest BCUT2D eigenvalue weighted by Crippen LogP contribution is 1.97. The van der Waals surface area contributed by atoms with E-state index < -0.39 is 0 Å². The molecule has 0 unspecified atom stereocenters. The van der Waals surface area contributed by atoms with Crippen LogP contribution in [0, 0.1) is 6.92 Å². The highest BCUT2D eigenvalue weighted by atomic mass is 16.2. The minimum absolute atomic E-state index is 0.314. The molecule has 2 rings (SSSR count). The van der Waals surface area contributed by atoms with Crippen molar-refractivity contribution in [2.24, 2.45) is 5.10 Å². The molecule has 86 valence electrons. The topological polar surface area (TPSA) is 83.0 Å². The molecule has 0 bridgehead atoms. The van der Waals surface area contributed by atoms with Crippen LogP contribution in [0.4, 0.5) is 0 Å². The summed E-state index contributed by atoms with van der Waals surface area (Å²) < 4.78 is 0. The average molecular weight is 229 g/mol. The zero-order valence-electron chi connectivity index (χ0n) is 9.21. The summed E-state index contributed by atoms with van der Waals surface area (Å²) in [6.07, 6.45) is 4.85. The Morgan fingerprint density at radius 2 is 2.24 bits per heavy atom. The molecule has 2 heterocycles. The minimum atomic E-state index is -0.348. The lowest BCUT2D eigenvalue weighted by atomic mass is 10.3. The molecule has 6 nitrogen and oxygen atoms in total. The zero-order valence-corrected chi connectivity index (χ0v) is 9.21. The van der Waals surface area contributed by atoms with Crippen molar-refractivity contribution < 1.29 is 4.79 Å². The SMILES string of the molecule is Cc1cc(C(=O)N/N=C/c2ccncc2)n[nH]1. The Kier molecular flexibility index (Phi) is 3.25. The fraction of sp³-hybridized carbons (Fsp3) is 0.0909. The molecule has 0 aromatic carbocycles. The van der Waals surface area contributed by atoms with Gasteiger partial charge >= 0.3 is 0 Å². The summed E-state index contributed by atoms with van der Waals surface area (Å²) in [5.41, 5.74) is 4.39. The van der Waals surface area contributed by atoms with Gasteiger partial charge in [-0.05, 0) is 30.7 Å². The number of aromatic nitrogens is 3. The first kappa shape index (κ1) is 11.0. The number of rotatable bonds is 3. The summed E-state index contributed by atoms with van der Waals surface area (Å²) in [7, 11) is 0. The number of aromatic amines is 1. The highest BCUT2D eigenvalue weighted by Gasteiger charge is 2.06. The molecule has 6 heteroatoms. The lowest BCUT2D eigenvalue weighted by Crippen LogP contribution is -2.17. The summed E-state index contributed by atoms with van der Waals surface area (Å²) in [4.78, 5) is 15.4. The first-order valence-electron chi connectivity index (χ1n) is 5.01. The van der Waals surface area contributed by atoms with Crippen LogP contribution in [0.3, 0.4) is 0 Å². The van der Waals surface area contributed by atoms with E-state index in [1.165, 1.54) is 0 Å². The van der Waals surface area contributed by atoms with E-state index in [-0.39, 0.29) is 5.91 Å². The van der Waals surface area contributed by atoms with Crippen molar-refractivity contribution in [3.8, 4) is 0 Å². The second-order valence-electron chi connectivity index (χ2n) is 3.42. The monoisotopic (exact) mass is 229 g/mol. The molecule has 1 amide bonds. The summed E-state index contributed by atoms with van der Waals surface area (Å²) in [6, 6.07) is 5.22. The standard InChI is InChI=1S/C11H11N5O/c1-8-6-10(15-14-8)11(17)16-13-7-9-2-4-12-5-3-9/h2-7H,1H3,(H,14,15)(H,16,17)/b13-7+. The summed E-state index contributed by atoms with van der Waals surface area (Å²) in [6.45, 7) is 1.82. The molecular weight excluding hydrogens is 218 g/mol. The van der Waals surface area contributed by atoms with Crippen LogP contribution < -0.4 is 5.43 Å². The van der Waals surface area contributed by atoms with Crippen LogP contribution in [0.15, 0.2) is 35.7 Å². The molecule has 0 saturated carbocycles. The van der Waals surface area contributed by atoms with Crippen LogP contribution in [0.2, 0.25) is 0 Å². The van der Waals surface area contributed by atoms with E-state index >= 15 is 0 Å². The number of hydrogen-bond acceptors (Lipinski definition) is 4. The van der Waals surface area contributed by atoms with Gasteiger partial charge in [0.15, 0.2) is 5.69 Å². The molecule has 2 aromatic heterocycles. The fourth-order valence-corrected chi connectivity index (χ4v) is 1.21. The number of amides is 1. The second kappa shape index (κ2) is 5.02. The molecule has 17 heavy (non-hydrogen) atoms. The summed E-state index contributed by atoms with van der Waals surface area (Å²) in [5.74, 6) is -0.348. The van der Waals surface area contributed by atoms with Gasteiger partial charge in [0, 0.05) is 18.1 Å². The lowest BCUT2D eigenvalue weighted by molar-refractivity contribution is 0.0950. The van der Waals surface area contributed by atoms with E-state index in [0.717, 1.165) is 11.3 Å². The maximum absolute atomic E-state index is 11.5. The molecule has 0 aliphatic heterocycles. The quantitative estimate of drug-likeness (QED) is 0.605. The van der Waals surface area contributed by atoms with Crippen molar-refractivity contribution in [3.05, 3.63) is 47.5 Å². The maximum Gasteiger partial charge on any atom is 0.291 e. The van der Waals surface area contributed by atoms with Gasteiger partial charge in [0.25, 0.3) is 5.91 Å². The van der Waals surface area contributed by atoms with E-state index in [2.05, 4.69) is 25.7 Å². The Hall–Kier alpha value is -2.50. The van der Waals surface area contributed by atoms with Crippen molar-refractivity contribution in [1.29, 1.82) is 0 Å². The van der Waals surface area contributed by atoms with E-state index in [1.54, 1.807) is 36.8 Å². The number of carbonyl (C=O) groups is 1. The molecular formula is C11H11N5O. The van der Waals surface area contributed by atoms with Crippen molar-refractivity contribution in [2.45, 2.75) is 6.92 Å². The summed E-state index contributed by atoms with van der Waals surface area (Å²) in [5, 5.41) is 10.3. The zero-order chi connectivity index (χ0) is 12.1. The van der Waals surface area contributed by atoms with Gasteiger partial charge in [-0.3, -0.25) is 14.9 Å². The first-order chi connectivity index (χ1) is 8.25. The molecule has 0 aliphatic rings. The first-order valence-corrected chi connectivity index (χ1v) is 5.01. The third-order valence-electron chi connectivity index (χ3n) is 2.02. The number of aryl methyl sites for hydroxylation is 1. The third kappa shape index (κ3) is 2.97. The van der Waals surface area contributed by atoms with E-state index in [0.29, 0.717) is 5.69 Å². The Morgan fingerprint density at radius 3 is 2.88 bits per heavy atom. The fourth-order valence-electron chi connectivity index (χ4n) is 1.21. The number of nitrogens with one attached hydrogen (secondary N) is 2. The smallest absolute Gasteiger partial charge is 0.282 e. The van der Waals surface area contributed by atoms with E-state index in [4.69, 9.17) is 0 Å². The van der Waals surface area contributed by atoms with Crippen LogP contribution in [0.1, 0.15) is 21.7 Å². The lowest BCUT2D eigenvalue weighted by Gasteiger charge is -1.94. The Bertz CT molecular complexity index is 532. The van der Waals surface area contributed by atoms with Gasteiger partial charge < -0.3 is 0 Å². The average Bonchev–Trinajstić information content (AvgIpc) is 2.77. The predicted molar refractivity (Wildman–Crippen MR) is 62.6 cm³/mol. The molecule has 2 aromatic rings. The van der Waals surface area contributed by atoms with Gasteiger partial charge in [-0.25, -0.2) is 5.43 Å². The molecule has 0 atom stereocenters. The molecule has 2 N–H and O–H groups in total.